The quantitative estimate of drug-likeness (QED) is 0.0593. The Bertz CT molecular complexity index is 2330. The summed E-state index contributed by atoms with van der Waals surface area (Å²) in [5, 5.41) is 0. The van der Waals surface area contributed by atoms with Gasteiger partial charge in [-0.3, -0.25) is 0 Å². The van der Waals surface area contributed by atoms with Gasteiger partial charge < -0.3 is 33.6 Å². The van der Waals surface area contributed by atoms with Crippen LogP contribution >= 0.6 is 22.6 Å². The summed E-state index contributed by atoms with van der Waals surface area (Å²) < 4.78 is 23.7. The van der Waals surface area contributed by atoms with Gasteiger partial charge in [0.15, 0.2) is 0 Å². The van der Waals surface area contributed by atoms with E-state index in [2.05, 4.69) is 193 Å². The van der Waals surface area contributed by atoms with Crippen LogP contribution in [0.1, 0.15) is 61.1 Å². The smallest absolute Gasteiger partial charge is 0.121 e. The molecule has 8 heteroatoms. The van der Waals surface area contributed by atoms with E-state index >= 15 is 0 Å². The van der Waals surface area contributed by atoms with Crippen LogP contribution in [0, 0.1) is 28.2 Å². The molecule has 7 nitrogen and oxygen atoms in total. The van der Waals surface area contributed by atoms with Gasteiger partial charge >= 0.3 is 0 Å². The molecule has 0 aliphatic carbocycles. The van der Waals surface area contributed by atoms with Gasteiger partial charge in [-0.15, -0.1) is 0 Å². The lowest BCUT2D eigenvalue weighted by atomic mass is 9.97. The summed E-state index contributed by atoms with van der Waals surface area (Å²) in [6.07, 6.45) is 1.87. The Kier molecular flexibility index (Phi) is 17.7. The average molecular weight is 974 g/mol. The maximum Gasteiger partial charge on any atom is 0.121 e. The molecule has 0 bridgehead atoms. The zero-order chi connectivity index (χ0) is 45.6. The first-order valence-electron chi connectivity index (χ1n) is 22.6. The second kappa shape index (κ2) is 23.5. The molecule has 2 atom stereocenters. The van der Waals surface area contributed by atoms with Crippen molar-refractivity contribution in [1.82, 2.24) is 0 Å². The van der Waals surface area contributed by atoms with Gasteiger partial charge in [0.05, 0.1) is 28.4 Å². The first-order valence-corrected chi connectivity index (χ1v) is 23.7. The third-order valence-corrected chi connectivity index (χ3v) is 12.8. The molecule has 0 fully saturated rings. The van der Waals surface area contributed by atoms with Gasteiger partial charge in [-0.25, -0.2) is 0 Å². The lowest BCUT2D eigenvalue weighted by Crippen LogP contribution is -2.30. The third-order valence-electron chi connectivity index (χ3n) is 11.7. The van der Waals surface area contributed by atoms with E-state index in [1.54, 1.807) is 28.4 Å². The highest BCUT2D eigenvalue weighted by atomic mass is 127. The summed E-state index contributed by atoms with van der Waals surface area (Å²) in [4.78, 5) is 7.56. The van der Waals surface area contributed by atoms with Crippen molar-refractivity contribution in [1.29, 1.82) is 0 Å². The molecule has 6 aromatic rings. The summed E-state index contributed by atoms with van der Waals surface area (Å²) in [6, 6.07) is 48.1. The van der Waals surface area contributed by atoms with Gasteiger partial charge in [0.25, 0.3) is 0 Å². The Hall–Kier alpha value is -5.35. The van der Waals surface area contributed by atoms with E-state index in [1.807, 2.05) is 12.1 Å². The van der Waals surface area contributed by atoms with Crippen molar-refractivity contribution in [2.24, 2.45) is 17.8 Å². The SMILES string of the molecule is COc1ccc(CN(CC(C)C)c2ccc(I)c(CC(C)CN(Cc3ccc(OC)cc3)c3cc(CC(C)CN(Cc4ccc(OC)cc4)c4ccc(C)cc4)cc(OC)c3)c2)cc1. The monoisotopic (exact) mass is 973 g/mol. The summed E-state index contributed by atoms with van der Waals surface area (Å²) in [7, 11) is 6.93. The molecular weight excluding hydrogens is 906 g/mol. The van der Waals surface area contributed by atoms with Gasteiger partial charge in [-0.1, -0.05) is 81.8 Å². The Balaban J connectivity index is 1.24. The van der Waals surface area contributed by atoms with E-state index in [1.165, 1.54) is 54.0 Å². The minimum absolute atomic E-state index is 0.358. The number of ether oxygens (including phenoxy) is 4. The summed E-state index contributed by atoms with van der Waals surface area (Å²) >= 11 is 2.52. The fraction of sp³-hybridized carbons (Fsp3) is 0.357. The van der Waals surface area contributed by atoms with Gasteiger partial charge in [-0.05, 0) is 167 Å². The van der Waals surface area contributed by atoms with Crippen LogP contribution in [0.15, 0.2) is 133 Å². The number of nitrogens with zero attached hydrogens (tertiary/aromatic N) is 3. The number of aryl methyl sites for hydroxylation is 1. The van der Waals surface area contributed by atoms with E-state index < -0.39 is 0 Å². The Labute approximate surface area is 397 Å². The van der Waals surface area contributed by atoms with Crippen molar-refractivity contribution in [3.63, 3.8) is 0 Å². The van der Waals surface area contributed by atoms with Crippen LogP contribution in [0.3, 0.4) is 0 Å². The van der Waals surface area contributed by atoms with Crippen molar-refractivity contribution < 1.29 is 18.9 Å². The maximum absolute atomic E-state index is 6.02. The van der Waals surface area contributed by atoms with Crippen LogP contribution in [-0.2, 0) is 32.5 Å². The normalized spacial score (nSPS) is 12.1. The number of methoxy groups -OCH3 is 4. The van der Waals surface area contributed by atoms with Crippen molar-refractivity contribution in [2.75, 3.05) is 62.8 Å². The third kappa shape index (κ3) is 14.1. The van der Waals surface area contributed by atoms with Crippen LogP contribution in [-0.4, -0.2) is 48.1 Å². The fourth-order valence-corrected chi connectivity index (χ4v) is 9.03. The first kappa shape index (κ1) is 48.1. The molecule has 0 aliphatic rings. The van der Waals surface area contributed by atoms with Crippen LogP contribution in [0.25, 0.3) is 0 Å². The molecule has 6 rings (SSSR count). The van der Waals surface area contributed by atoms with E-state index in [4.69, 9.17) is 18.9 Å². The molecule has 338 valence electrons. The number of hydrogen-bond acceptors (Lipinski definition) is 7. The highest BCUT2D eigenvalue weighted by Gasteiger charge is 2.20. The predicted octanol–water partition coefficient (Wildman–Crippen LogP) is 13.1. The van der Waals surface area contributed by atoms with Gasteiger partial charge in [0.1, 0.15) is 23.0 Å². The van der Waals surface area contributed by atoms with E-state index in [0.717, 1.165) is 75.1 Å². The lowest BCUT2D eigenvalue weighted by molar-refractivity contribution is 0.413. The number of halogens is 1. The highest BCUT2D eigenvalue weighted by Crippen LogP contribution is 2.32. The molecule has 0 N–H and O–H groups in total. The molecule has 0 aromatic heterocycles. The number of benzene rings is 6. The average Bonchev–Trinajstić information content (AvgIpc) is 3.29. The largest absolute Gasteiger partial charge is 0.497 e. The highest BCUT2D eigenvalue weighted by molar-refractivity contribution is 14.1. The maximum atomic E-state index is 6.02. The number of anilines is 3. The standard InChI is InChI=1S/C56H68IN3O4/c1-40(2)34-58(37-44-12-21-52(61-6)22-13-44)50-20-27-56(57)48(32-50)29-43(5)36-60(39-46-16-25-54(63-8)26-17-46)51-30-47(31-55(33-51)64-9)28-42(4)35-59(49-18-10-41(3)11-19-49)38-45-14-23-53(62-7)24-15-45/h10-27,30-33,40,42-43H,28-29,34-39H2,1-9H3. The van der Waals surface area contributed by atoms with Crippen LogP contribution in [0.2, 0.25) is 0 Å². The molecule has 0 saturated heterocycles. The zero-order valence-electron chi connectivity index (χ0n) is 39.4. The Morgan fingerprint density at radius 3 is 1.33 bits per heavy atom. The van der Waals surface area contributed by atoms with Crippen molar-refractivity contribution >= 4 is 39.7 Å². The van der Waals surface area contributed by atoms with Crippen LogP contribution in [0.4, 0.5) is 17.1 Å². The van der Waals surface area contributed by atoms with E-state index in [9.17, 15) is 0 Å². The van der Waals surface area contributed by atoms with Gasteiger partial charge in [0, 0.05) is 66.0 Å². The molecule has 0 radical (unpaired) electrons. The predicted molar refractivity (Wildman–Crippen MR) is 276 cm³/mol. The molecule has 0 amide bonds. The summed E-state index contributed by atoms with van der Waals surface area (Å²) in [5.74, 6) is 4.74. The molecule has 0 spiro atoms. The van der Waals surface area contributed by atoms with Gasteiger partial charge in [0.2, 0.25) is 0 Å². The fourth-order valence-electron chi connectivity index (χ4n) is 8.47. The Morgan fingerprint density at radius 1 is 0.422 bits per heavy atom. The molecule has 0 saturated carbocycles. The summed E-state index contributed by atoms with van der Waals surface area (Å²) in [5.41, 5.74) is 11.3. The molecule has 6 aromatic carbocycles. The van der Waals surface area contributed by atoms with Gasteiger partial charge in [-0.2, -0.15) is 0 Å². The molecule has 0 heterocycles. The summed E-state index contributed by atoms with van der Waals surface area (Å²) in [6.45, 7) is 16.7. The van der Waals surface area contributed by atoms with Crippen molar-refractivity contribution in [3.8, 4) is 23.0 Å². The van der Waals surface area contributed by atoms with Crippen molar-refractivity contribution in [3.05, 3.63) is 170 Å². The topological polar surface area (TPSA) is 46.6 Å². The second-order valence-electron chi connectivity index (χ2n) is 17.8. The molecular formula is C56H68IN3O4. The minimum Gasteiger partial charge on any atom is -0.497 e. The van der Waals surface area contributed by atoms with E-state index in [-0.39, 0.29) is 0 Å². The molecule has 2 unspecified atom stereocenters. The lowest BCUT2D eigenvalue weighted by Gasteiger charge is -2.31. The zero-order valence-corrected chi connectivity index (χ0v) is 41.6. The van der Waals surface area contributed by atoms with Crippen LogP contribution < -0.4 is 33.6 Å². The number of rotatable bonds is 23. The Morgan fingerprint density at radius 2 is 0.859 bits per heavy atom. The van der Waals surface area contributed by atoms with Crippen molar-refractivity contribution in [2.45, 2.75) is 67.1 Å². The van der Waals surface area contributed by atoms with Crippen LogP contribution in [0.5, 0.6) is 23.0 Å². The minimum atomic E-state index is 0.358. The van der Waals surface area contributed by atoms with E-state index in [0.29, 0.717) is 17.8 Å². The number of hydrogen-bond donors (Lipinski definition) is 0. The second-order valence-corrected chi connectivity index (χ2v) is 19.0. The molecule has 64 heavy (non-hydrogen) atoms. The first-order chi connectivity index (χ1) is 30.9. The molecule has 0 aliphatic heterocycles.